The zero-order valence-corrected chi connectivity index (χ0v) is 10.8. The molecule has 0 bridgehead atoms. The monoisotopic (exact) mass is 227 g/mol. The fourth-order valence-electron chi connectivity index (χ4n) is 2.21. The maximum atomic E-state index is 11.8. The molecule has 1 rings (SSSR count). The Morgan fingerprint density at radius 3 is 2.50 bits per heavy atom. The highest BCUT2D eigenvalue weighted by molar-refractivity contribution is 5.78. The molecular formula is C13H25NO2. The van der Waals surface area contributed by atoms with Crippen molar-refractivity contribution in [2.75, 3.05) is 6.54 Å². The molecule has 0 heterocycles. The number of nitrogens with one attached hydrogen (secondary N) is 1. The van der Waals surface area contributed by atoms with E-state index in [0.717, 1.165) is 25.7 Å². The molecule has 0 aliphatic heterocycles. The number of carbonyl (C=O) groups excluding carboxylic acids is 1. The van der Waals surface area contributed by atoms with E-state index in [1.165, 1.54) is 0 Å². The predicted octanol–water partition coefficient (Wildman–Crippen LogP) is 2.09. The van der Waals surface area contributed by atoms with E-state index in [1.807, 2.05) is 0 Å². The Hall–Kier alpha value is -0.570. The quantitative estimate of drug-likeness (QED) is 0.772. The largest absolute Gasteiger partial charge is 0.393 e. The summed E-state index contributed by atoms with van der Waals surface area (Å²) in [5, 5.41) is 12.0. The molecule has 2 N–H and O–H groups in total. The van der Waals surface area contributed by atoms with E-state index in [9.17, 15) is 4.79 Å². The Kier molecular flexibility index (Phi) is 4.78. The van der Waals surface area contributed by atoms with Crippen molar-refractivity contribution < 1.29 is 9.90 Å². The lowest BCUT2D eigenvalue weighted by Crippen LogP contribution is -2.35. The van der Waals surface area contributed by atoms with Crippen molar-refractivity contribution in [2.24, 2.45) is 11.3 Å². The minimum Gasteiger partial charge on any atom is -0.393 e. The summed E-state index contributed by atoms with van der Waals surface area (Å²) >= 11 is 0. The van der Waals surface area contributed by atoms with Gasteiger partial charge in [-0.3, -0.25) is 4.79 Å². The van der Waals surface area contributed by atoms with E-state index in [1.54, 1.807) is 6.92 Å². The molecule has 1 aliphatic carbocycles. The molecule has 1 unspecified atom stereocenters. The second kappa shape index (κ2) is 5.67. The first-order valence-corrected chi connectivity index (χ1v) is 6.36. The molecule has 0 aromatic rings. The third kappa shape index (κ3) is 4.52. The molecule has 0 aromatic carbocycles. The SMILES string of the molecule is CC(O)CCNC(=O)C1CCC(C)(C)CC1. The first-order chi connectivity index (χ1) is 7.41. The fourth-order valence-corrected chi connectivity index (χ4v) is 2.21. The summed E-state index contributed by atoms with van der Waals surface area (Å²) in [5.41, 5.74) is 0.413. The Balaban J connectivity index is 2.23. The second-order valence-corrected chi connectivity index (χ2v) is 5.87. The smallest absolute Gasteiger partial charge is 0.223 e. The molecule has 1 aliphatic rings. The van der Waals surface area contributed by atoms with Gasteiger partial charge in [0.1, 0.15) is 0 Å². The van der Waals surface area contributed by atoms with Crippen molar-refractivity contribution in [1.82, 2.24) is 5.32 Å². The topological polar surface area (TPSA) is 49.3 Å². The van der Waals surface area contributed by atoms with Crippen molar-refractivity contribution in [3.05, 3.63) is 0 Å². The van der Waals surface area contributed by atoms with Gasteiger partial charge in [-0.1, -0.05) is 13.8 Å². The standard InChI is InChI=1S/C13H25NO2/c1-10(15)6-9-14-12(16)11-4-7-13(2,3)8-5-11/h10-11,15H,4-9H2,1-3H3,(H,14,16). The van der Waals surface area contributed by atoms with Gasteiger partial charge in [-0.2, -0.15) is 0 Å². The number of aliphatic hydroxyl groups excluding tert-OH is 1. The average molecular weight is 227 g/mol. The Morgan fingerprint density at radius 1 is 1.44 bits per heavy atom. The number of carbonyl (C=O) groups is 1. The lowest BCUT2D eigenvalue weighted by atomic mass is 9.73. The zero-order valence-electron chi connectivity index (χ0n) is 10.8. The third-order valence-corrected chi connectivity index (χ3v) is 3.57. The molecule has 0 spiro atoms. The van der Waals surface area contributed by atoms with Gasteiger partial charge in [0.25, 0.3) is 0 Å². The number of hydrogen-bond donors (Lipinski definition) is 2. The minimum atomic E-state index is -0.328. The summed E-state index contributed by atoms with van der Waals surface area (Å²) in [6.45, 7) is 6.88. The Morgan fingerprint density at radius 2 is 2.00 bits per heavy atom. The molecule has 1 amide bonds. The van der Waals surface area contributed by atoms with Gasteiger partial charge in [0.2, 0.25) is 5.91 Å². The van der Waals surface area contributed by atoms with E-state index in [-0.39, 0.29) is 17.9 Å². The molecule has 1 fully saturated rings. The number of hydrogen-bond acceptors (Lipinski definition) is 2. The lowest BCUT2D eigenvalue weighted by Gasteiger charge is -2.33. The molecule has 3 nitrogen and oxygen atoms in total. The van der Waals surface area contributed by atoms with E-state index in [0.29, 0.717) is 18.4 Å². The fraction of sp³-hybridized carbons (Fsp3) is 0.923. The van der Waals surface area contributed by atoms with Gasteiger partial charge in [-0.25, -0.2) is 0 Å². The number of amides is 1. The molecule has 1 saturated carbocycles. The molecule has 94 valence electrons. The summed E-state index contributed by atoms with van der Waals surface area (Å²) < 4.78 is 0. The van der Waals surface area contributed by atoms with Crippen LogP contribution in [-0.4, -0.2) is 23.7 Å². The summed E-state index contributed by atoms with van der Waals surface area (Å²) in [4.78, 5) is 11.8. The van der Waals surface area contributed by atoms with Crippen LogP contribution in [0.4, 0.5) is 0 Å². The van der Waals surface area contributed by atoms with Gasteiger partial charge in [0.05, 0.1) is 6.10 Å². The molecule has 3 heteroatoms. The highest BCUT2D eigenvalue weighted by atomic mass is 16.3. The van der Waals surface area contributed by atoms with E-state index in [2.05, 4.69) is 19.2 Å². The lowest BCUT2D eigenvalue weighted by molar-refractivity contribution is -0.126. The van der Waals surface area contributed by atoms with Gasteiger partial charge >= 0.3 is 0 Å². The molecule has 0 aromatic heterocycles. The van der Waals surface area contributed by atoms with Crippen molar-refractivity contribution in [1.29, 1.82) is 0 Å². The van der Waals surface area contributed by atoms with E-state index >= 15 is 0 Å². The minimum absolute atomic E-state index is 0.177. The van der Waals surface area contributed by atoms with Crippen LogP contribution in [0, 0.1) is 11.3 Å². The van der Waals surface area contributed by atoms with Gasteiger partial charge in [0.15, 0.2) is 0 Å². The maximum Gasteiger partial charge on any atom is 0.223 e. The first kappa shape index (κ1) is 13.5. The predicted molar refractivity (Wildman–Crippen MR) is 65.0 cm³/mol. The van der Waals surface area contributed by atoms with Gasteiger partial charge in [-0.15, -0.1) is 0 Å². The summed E-state index contributed by atoms with van der Waals surface area (Å²) in [7, 11) is 0. The van der Waals surface area contributed by atoms with E-state index in [4.69, 9.17) is 5.11 Å². The van der Waals surface area contributed by atoms with Crippen LogP contribution in [-0.2, 0) is 4.79 Å². The van der Waals surface area contributed by atoms with Crippen molar-refractivity contribution >= 4 is 5.91 Å². The van der Waals surface area contributed by atoms with Crippen molar-refractivity contribution in [3.8, 4) is 0 Å². The van der Waals surface area contributed by atoms with Crippen molar-refractivity contribution in [2.45, 2.75) is 59.0 Å². The summed E-state index contributed by atoms with van der Waals surface area (Å²) in [6, 6.07) is 0. The van der Waals surface area contributed by atoms with Crippen LogP contribution >= 0.6 is 0 Å². The highest BCUT2D eigenvalue weighted by Crippen LogP contribution is 2.37. The average Bonchev–Trinajstić information content (AvgIpc) is 2.16. The molecule has 1 atom stereocenters. The van der Waals surface area contributed by atoms with Crippen LogP contribution < -0.4 is 5.32 Å². The normalized spacial score (nSPS) is 22.8. The summed E-state index contributed by atoms with van der Waals surface area (Å²) in [6.07, 6.45) is 4.61. The van der Waals surface area contributed by atoms with Gasteiger partial charge < -0.3 is 10.4 Å². The van der Waals surface area contributed by atoms with Crippen LogP contribution in [0.1, 0.15) is 52.9 Å². The van der Waals surface area contributed by atoms with Crippen LogP contribution in [0.15, 0.2) is 0 Å². The zero-order chi connectivity index (χ0) is 12.2. The van der Waals surface area contributed by atoms with Crippen LogP contribution in [0.5, 0.6) is 0 Å². The first-order valence-electron chi connectivity index (χ1n) is 6.36. The molecule has 0 saturated heterocycles. The third-order valence-electron chi connectivity index (χ3n) is 3.57. The van der Waals surface area contributed by atoms with Gasteiger partial charge in [-0.05, 0) is 44.4 Å². The highest BCUT2D eigenvalue weighted by Gasteiger charge is 2.30. The number of rotatable bonds is 4. The van der Waals surface area contributed by atoms with Crippen LogP contribution in [0.2, 0.25) is 0 Å². The van der Waals surface area contributed by atoms with Crippen LogP contribution in [0.25, 0.3) is 0 Å². The Bertz CT molecular complexity index is 226. The van der Waals surface area contributed by atoms with Crippen molar-refractivity contribution in [3.63, 3.8) is 0 Å². The second-order valence-electron chi connectivity index (χ2n) is 5.87. The molecular weight excluding hydrogens is 202 g/mol. The number of aliphatic hydroxyl groups is 1. The van der Waals surface area contributed by atoms with E-state index < -0.39 is 0 Å². The maximum absolute atomic E-state index is 11.8. The van der Waals surface area contributed by atoms with Crippen LogP contribution in [0.3, 0.4) is 0 Å². The van der Waals surface area contributed by atoms with Gasteiger partial charge in [0, 0.05) is 12.5 Å². The summed E-state index contributed by atoms with van der Waals surface area (Å²) in [5.74, 6) is 0.373. The molecule has 0 radical (unpaired) electrons. The molecule has 16 heavy (non-hydrogen) atoms. The Labute approximate surface area is 98.6 Å².